The predicted octanol–water partition coefficient (Wildman–Crippen LogP) is 3.30. The lowest BCUT2D eigenvalue weighted by molar-refractivity contribution is 0.273. The number of para-hydroxylation sites is 2. The largest absolute Gasteiger partial charge is 0.394 e. The second kappa shape index (κ2) is 6.73. The molecule has 0 aliphatic heterocycles. The summed E-state index contributed by atoms with van der Waals surface area (Å²) in [6, 6.07) is 17.4. The SMILES string of the molecule is OCC(Cc1ccccc1)Nc1nc2ccccc2nc1Cl. The van der Waals surface area contributed by atoms with E-state index in [-0.39, 0.29) is 12.6 Å². The van der Waals surface area contributed by atoms with Crippen molar-refractivity contribution in [2.75, 3.05) is 11.9 Å². The van der Waals surface area contributed by atoms with Crippen LogP contribution in [0.3, 0.4) is 0 Å². The highest BCUT2D eigenvalue weighted by molar-refractivity contribution is 6.32. The van der Waals surface area contributed by atoms with Crippen molar-refractivity contribution in [3.63, 3.8) is 0 Å². The van der Waals surface area contributed by atoms with Crippen LogP contribution in [-0.2, 0) is 6.42 Å². The topological polar surface area (TPSA) is 58.0 Å². The van der Waals surface area contributed by atoms with Gasteiger partial charge in [-0.05, 0) is 24.1 Å². The van der Waals surface area contributed by atoms with Crippen LogP contribution in [0, 0.1) is 0 Å². The first kappa shape index (κ1) is 14.8. The Hall–Kier alpha value is -2.17. The van der Waals surface area contributed by atoms with Crippen molar-refractivity contribution in [3.8, 4) is 0 Å². The summed E-state index contributed by atoms with van der Waals surface area (Å²) in [5.74, 6) is 0.496. The molecule has 22 heavy (non-hydrogen) atoms. The predicted molar refractivity (Wildman–Crippen MR) is 89.2 cm³/mol. The van der Waals surface area contributed by atoms with Crippen LogP contribution in [-0.4, -0.2) is 27.7 Å². The molecular weight excluding hydrogens is 298 g/mol. The van der Waals surface area contributed by atoms with Gasteiger partial charge >= 0.3 is 0 Å². The van der Waals surface area contributed by atoms with E-state index in [1.54, 1.807) is 0 Å². The third-order valence-electron chi connectivity index (χ3n) is 3.41. The van der Waals surface area contributed by atoms with E-state index in [0.717, 1.165) is 16.6 Å². The lowest BCUT2D eigenvalue weighted by Gasteiger charge is -2.17. The van der Waals surface area contributed by atoms with Crippen molar-refractivity contribution < 1.29 is 5.11 Å². The Morgan fingerprint density at radius 2 is 1.59 bits per heavy atom. The zero-order valence-corrected chi connectivity index (χ0v) is 12.7. The first-order valence-corrected chi connectivity index (χ1v) is 7.47. The number of anilines is 1. The van der Waals surface area contributed by atoms with Crippen LogP contribution in [0.4, 0.5) is 5.82 Å². The highest BCUT2D eigenvalue weighted by Gasteiger charge is 2.13. The van der Waals surface area contributed by atoms with Gasteiger partial charge in [0, 0.05) is 0 Å². The monoisotopic (exact) mass is 313 g/mol. The number of hydrogen-bond acceptors (Lipinski definition) is 4. The molecule has 1 atom stereocenters. The molecule has 0 bridgehead atoms. The van der Waals surface area contributed by atoms with Gasteiger partial charge in [-0.25, -0.2) is 9.97 Å². The molecule has 4 nitrogen and oxygen atoms in total. The number of aliphatic hydroxyl groups excluding tert-OH is 1. The molecule has 1 aromatic heterocycles. The minimum Gasteiger partial charge on any atom is -0.394 e. The van der Waals surface area contributed by atoms with Gasteiger partial charge in [0.1, 0.15) is 0 Å². The molecule has 0 aliphatic rings. The molecule has 0 amide bonds. The van der Waals surface area contributed by atoms with Gasteiger partial charge < -0.3 is 10.4 Å². The van der Waals surface area contributed by atoms with Crippen LogP contribution in [0.5, 0.6) is 0 Å². The smallest absolute Gasteiger partial charge is 0.172 e. The van der Waals surface area contributed by atoms with Crippen LogP contribution in [0.15, 0.2) is 54.6 Å². The van der Waals surface area contributed by atoms with Crippen LogP contribution < -0.4 is 5.32 Å². The van der Waals surface area contributed by atoms with Crippen molar-refractivity contribution in [2.45, 2.75) is 12.5 Å². The fourth-order valence-corrected chi connectivity index (χ4v) is 2.51. The minimum atomic E-state index is -0.171. The number of benzene rings is 2. The lowest BCUT2D eigenvalue weighted by atomic mass is 10.1. The van der Waals surface area contributed by atoms with E-state index in [1.165, 1.54) is 0 Å². The fourth-order valence-electron chi connectivity index (χ4n) is 2.32. The van der Waals surface area contributed by atoms with Crippen molar-refractivity contribution in [2.24, 2.45) is 0 Å². The fraction of sp³-hybridized carbons (Fsp3) is 0.176. The van der Waals surface area contributed by atoms with E-state index in [2.05, 4.69) is 15.3 Å². The van der Waals surface area contributed by atoms with Crippen molar-refractivity contribution >= 4 is 28.5 Å². The molecule has 5 heteroatoms. The van der Waals surface area contributed by atoms with Crippen LogP contribution in [0.1, 0.15) is 5.56 Å². The van der Waals surface area contributed by atoms with Crippen molar-refractivity contribution in [1.29, 1.82) is 0 Å². The number of fused-ring (bicyclic) bond motifs is 1. The zero-order valence-electron chi connectivity index (χ0n) is 11.9. The maximum absolute atomic E-state index is 9.60. The van der Waals surface area contributed by atoms with Gasteiger partial charge in [-0.1, -0.05) is 54.1 Å². The third kappa shape index (κ3) is 3.35. The number of halogens is 1. The first-order chi connectivity index (χ1) is 10.8. The van der Waals surface area contributed by atoms with Crippen LogP contribution in [0.2, 0.25) is 5.15 Å². The molecule has 0 saturated heterocycles. The van der Waals surface area contributed by atoms with E-state index < -0.39 is 0 Å². The van der Waals surface area contributed by atoms with Gasteiger partial charge in [0.25, 0.3) is 0 Å². The highest BCUT2D eigenvalue weighted by atomic mass is 35.5. The number of aliphatic hydroxyl groups is 1. The Morgan fingerprint density at radius 3 is 2.27 bits per heavy atom. The average molecular weight is 314 g/mol. The number of nitrogens with one attached hydrogen (secondary N) is 1. The minimum absolute atomic E-state index is 0.0142. The molecule has 0 radical (unpaired) electrons. The van der Waals surface area contributed by atoms with Crippen molar-refractivity contribution in [1.82, 2.24) is 9.97 Å². The number of nitrogens with zero attached hydrogens (tertiary/aromatic N) is 2. The average Bonchev–Trinajstić information content (AvgIpc) is 2.55. The molecule has 112 valence electrons. The zero-order chi connectivity index (χ0) is 15.4. The lowest BCUT2D eigenvalue weighted by Crippen LogP contribution is -2.27. The summed E-state index contributed by atoms with van der Waals surface area (Å²) in [7, 11) is 0. The quantitative estimate of drug-likeness (QED) is 0.759. The number of hydrogen-bond donors (Lipinski definition) is 2. The molecule has 3 aromatic rings. The Morgan fingerprint density at radius 1 is 0.955 bits per heavy atom. The maximum atomic E-state index is 9.60. The van der Waals surface area contributed by atoms with E-state index in [4.69, 9.17) is 11.6 Å². The summed E-state index contributed by atoms with van der Waals surface area (Å²) in [4.78, 5) is 8.82. The Labute approximate surface area is 133 Å². The van der Waals surface area contributed by atoms with E-state index >= 15 is 0 Å². The molecule has 0 aliphatic carbocycles. The van der Waals surface area contributed by atoms with E-state index in [0.29, 0.717) is 17.4 Å². The molecule has 2 N–H and O–H groups in total. The maximum Gasteiger partial charge on any atom is 0.172 e. The van der Waals surface area contributed by atoms with Gasteiger partial charge in [0.2, 0.25) is 0 Å². The summed E-state index contributed by atoms with van der Waals surface area (Å²) in [5, 5.41) is 13.1. The Kier molecular flexibility index (Phi) is 4.51. The molecule has 2 aromatic carbocycles. The van der Waals surface area contributed by atoms with Gasteiger partial charge in [-0.2, -0.15) is 0 Å². The molecule has 1 heterocycles. The summed E-state index contributed by atoms with van der Waals surface area (Å²) < 4.78 is 0. The second-order valence-electron chi connectivity index (χ2n) is 5.07. The van der Waals surface area contributed by atoms with Gasteiger partial charge in [0.05, 0.1) is 23.7 Å². The first-order valence-electron chi connectivity index (χ1n) is 7.10. The Bertz CT molecular complexity index is 764. The second-order valence-corrected chi connectivity index (χ2v) is 5.42. The molecule has 1 unspecified atom stereocenters. The van der Waals surface area contributed by atoms with E-state index in [1.807, 2.05) is 54.6 Å². The van der Waals surface area contributed by atoms with Gasteiger partial charge in [-0.15, -0.1) is 0 Å². The summed E-state index contributed by atoms with van der Waals surface area (Å²) >= 11 is 6.19. The van der Waals surface area contributed by atoms with Gasteiger partial charge in [-0.3, -0.25) is 0 Å². The summed E-state index contributed by atoms with van der Waals surface area (Å²) in [5.41, 5.74) is 2.66. The van der Waals surface area contributed by atoms with Crippen LogP contribution in [0.25, 0.3) is 11.0 Å². The molecule has 3 rings (SSSR count). The van der Waals surface area contributed by atoms with Gasteiger partial charge in [0.15, 0.2) is 11.0 Å². The van der Waals surface area contributed by atoms with Crippen LogP contribution >= 0.6 is 11.6 Å². The number of aromatic nitrogens is 2. The molecular formula is C17H16ClN3O. The molecule has 0 fully saturated rings. The molecule has 0 spiro atoms. The normalized spacial score (nSPS) is 12.3. The van der Waals surface area contributed by atoms with E-state index in [9.17, 15) is 5.11 Å². The molecule has 0 saturated carbocycles. The standard InChI is InChI=1S/C17H16ClN3O/c18-16-17(21-15-9-5-4-8-14(15)20-16)19-13(11-22)10-12-6-2-1-3-7-12/h1-9,13,22H,10-11H2,(H,19,21). The highest BCUT2D eigenvalue weighted by Crippen LogP contribution is 2.22. The summed E-state index contributed by atoms with van der Waals surface area (Å²) in [6.45, 7) is -0.0142. The third-order valence-corrected chi connectivity index (χ3v) is 3.68. The Balaban J connectivity index is 1.82. The summed E-state index contributed by atoms with van der Waals surface area (Å²) in [6.07, 6.45) is 0.683. The van der Waals surface area contributed by atoms with Crippen molar-refractivity contribution in [3.05, 3.63) is 65.3 Å². The number of rotatable bonds is 5.